The summed E-state index contributed by atoms with van der Waals surface area (Å²) in [5.74, 6) is -0.258. The van der Waals surface area contributed by atoms with Crippen molar-refractivity contribution in [3.63, 3.8) is 0 Å². The molecule has 0 fully saturated rings. The van der Waals surface area contributed by atoms with Crippen molar-refractivity contribution in [1.29, 1.82) is 0 Å². The smallest absolute Gasteiger partial charge is 0.282 e. The predicted octanol–water partition coefficient (Wildman–Crippen LogP) is 1.72. The highest BCUT2D eigenvalue weighted by atomic mass is 35.5. The molecule has 1 rings (SSSR count). The number of aromatic nitrogens is 2. The fraction of sp³-hybridized carbons (Fsp3) is 0.700. The van der Waals surface area contributed by atoms with Crippen LogP contribution in [0.5, 0.6) is 0 Å². The van der Waals surface area contributed by atoms with Gasteiger partial charge >= 0.3 is 0 Å². The van der Waals surface area contributed by atoms with Gasteiger partial charge < -0.3 is 10.4 Å². The van der Waals surface area contributed by atoms with Gasteiger partial charge in [-0.1, -0.05) is 25.2 Å². The average molecular weight is 278 g/mol. The van der Waals surface area contributed by atoms with E-state index >= 15 is 0 Å². The second kappa shape index (κ2) is 6.28. The molecule has 0 atom stereocenters. The number of aliphatic hydroxyl groups excluding tert-OH is 1. The number of nitrogens with one attached hydrogen (secondary N) is 1. The zero-order valence-corrected chi connectivity index (χ0v) is 11.4. The summed E-state index contributed by atoms with van der Waals surface area (Å²) in [7, 11) is 0. The van der Waals surface area contributed by atoms with Gasteiger partial charge in [0.15, 0.2) is 0 Å². The molecular weight excluding hydrogens is 262 g/mol. The lowest BCUT2D eigenvalue weighted by atomic mass is 9.88. The Bertz CT molecular complexity index is 381. The monoisotopic (exact) mass is 277 g/mol. The van der Waals surface area contributed by atoms with Crippen molar-refractivity contribution in [3.8, 4) is 0 Å². The number of halogens is 1. The standard InChI is InChI=1S/C10H16ClN3O2S/c1-10(2,4-3-5-15)6-12-7(16)8-13-14-9(11)17-8/h15H,3-6H2,1-2H3,(H,12,16). The minimum Gasteiger partial charge on any atom is -0.396 e. The van der Waals surface area contributed by atoms with Gasteiger partial charge in [-0.25, -0.2) is 0 Å². The van der Waals surface area contributed by atoms with Crippen molar-refractivity contribution in [2.24, 2.45) is 5.41 Å². The largest absolute Gasteiger partial charge is 0.396 e. The van der Waals surface area contributed by atoms with Crippen LogP contribution in [0.3, 0.4) is 0 Å². The van der Waals surface area contributed by atoms with E-state index in [9.17, 15) is 4.79 Å². The van der Waals surface area contributed by atoms with Crippen LogP contribution in [0.15, 0.2) is 0 Å². The molecule has 0 radical (unpaired) electrons. The SMILES string of the molecule is CC(C)(CCCO)CNC(=O)c1nnc(Cl)s1. The third kappa shape index (κ3) is 4.97. The maximum atomic E-state index is 11.7. The van der Waals surface area contributed by atoms with Crippen LogP contribution in [-0.2, 0) is 0 Å². The summed E-state index contributed by atoms with van der Waals surface area (Å²) in [6.45, 7) is 4.78. The second-order valence-electron chi connectivity index (χ2n) is 4.53. The van der Waals surface area contributed by atoms with Crippen LogP contribution in [0.25, 0.3) is 0 Å². The normalized spacial score (nSPS) is 11.5. The lowest BCUT2D eigenvalue weighted by molar-refractivity contribution is 0.0932. The van der Waals surface area contributed by atoms with Crippen molar-refractivity contribution in [2.45, 2.75) is 26.7 Å². The molecule has 1 aromatic rings. The Kier molecular flexibility index (Phi) is 5.30. The van der Waals surface area contributed by atoms with Crippen LogP contribution in [0, 0.1) is 5.41 Å². The number of carbonyl (C=O) groups is 1. The molecular formula is C10H16ClN3O2S. The highest BCUT2D eigenvalue weighted by Gasteiger charge is 2.20. The summed E-state index contributed by atoms with van der Waals surface area (Å²) in [4.78, 5) is 11.7. The second-order valence-corrected chi connectivity index (χ2v) is 6.09. The molecule has 5 nitrogen and oxygen atoms in total. The van der Waals surface area contributed by atoms with E-state index in [1.807, 2.05) is 13.8 Å². The Morgan fingerprint density at radius 3 is 2.76 bits per heavy atom. The molecule has 0 aromatic carbocycles. The van der Waals surface area contributed by atoms with Gasteiger partial charge in [-0.3, -0.25) is 4.79 Å². The Morgan fingerprint density at radius 1 is 1.53 bits per heavy atom. The Morgan fingerprint density at radius 2 is 2.24 bits per heavy atom. The summed E-state index contributed by atoms with van der Waals surface area (Å²) in [6, 6.07) is 0. The topological polar surface area (TPSA) is 75.1 Å². The molecule has 0 spiro atoms. The molecule has 1 heterocycles. The molecule has 0 unspecified atom stereocenters. The summed E-state index contributed by atoms with van der Waals surface area (Å²) in [6.07, 6.45) is 1.58. The highest BCUT2D eigenvalue weighted by Crippen LogP contribution is 2.21. The predicted molar refractivity (Wildman–Crippen MR) is 67.4 cm³/mol. The van der Waals surface area contributed by atoms with E-state index in [1.54, 1.807) is 0 Å². The van der Waals surface area contributed by atoms with Crippen molar-refractivity contribution in [1.82, 2.24) is 15.5 Å². The fourth-order valence-corrected chi connectivity index (χ4v) is 2.08. The minimum atomic E-state index is -0.258. The van der Waals surface area contributed by atoms with Gasteiger partial charge in [-0.2, -0.15) is 0 Å². The van der Waals surface area contributed by atoms with Crippen molar-refractivity contribution in [2.75, 3.05) is 13.2 Å². The first-order valence-corrected chi connectivity index (χ1v) is 6.52. The van der Waals surface area contributed by atoms with Crippen LogP contribution in [0.4, 0.5) is 0 Å². The number of hydrogen-bond acceptors (Lipinski definition) is 5. The average Bonchev–Trinajstić information content (AvgIpc) is 2.70. The molecule has 1 aromatic heterocycles. The number of aliphatic hydroxyl groups is 1. The van der Waals surface area contributed by atoms with Gasteiger partial charge in [-0.05, 0) is 29.9 Å². The zero-order valence-electron chi connectivity index (χ0n) is 9.86. The van der Waals surface area contributed by atoms with E-state index < -0.39 is 0 Å². The van der Waals surface area contributed by atoms with E-state index in [4.69, 9.17) is 16.7 Å². The maximum absolute atomic E-state index is 11.7. The number of amides is 1. The van der Waals surface area contributed by atoms with Crippen molar-refractivity contribution in [3.05, 3.63) is 9.47 Å². The first-order chi connectivity index (χ1) is 7.94. The van der Waals surface area contributed by atoms with Gasteiger partial charge in [0, 0.05) is 13.2 Å². The van der Waals surface area contributed by atoms with Gasteiger partial charge in [-0.15, -0.1) is 10.2 Å². The Balaban J connectivity index is 2.42. The summed E-state index contributed by atoms with van der Waals surface area (Å²) < 4.78 is 0.259. The first-order valence-electron chi connectivity index (χ1n) is 5.33. The lowest BCUT2D eigenvalue weighted by Crippen LogP contribution is -2.34. The quantitative estimate of drug-likeness (QED) is 0.830. The molecule has 96 valence electrons. The van der Waals surface area contributed by atoms with Crippen molar-refractivity contribution < 1.29 is 9.90 Å². The van der Waals surface area contributed by atoms with Crippen molar-refractivity contribution >= 4 is 28.8 Å². The number of carbonyl (C=O) groups excluding carboxylic acids is 1. The van der Waals surface area contributed by atoms with Gasteiger partial charge in [0.2, 0.25) is 9.47 Å². The van der Waals surface area contributed by atoms with E-state index in [1.165, 1.54) is 0 Å². The molecule has 0 aliphatic carbocycles. The Hall–Kier alpha value is -0.720. The Labute approximate surface area is 109 Å². The first kappa shape index (κ1) is 14.3. The third-order valence-corrected chi connectivity index (χ3v) is 3.35. The molecule has 7 heteroatoms. The molecule has 0 aliphatic rings. The number of rotatable bonds is 6. The minimum absolute atomic E-state index is 0.0487. The number of hydrogen-bond donors (Lipinski definition) is 2. The van der Waals surface area contributed by atoms with Crippen LogP contribution < -0.4 is 5.32 Å². The summed E-state index contributed by atoms with van der Waals surface area (Å²) in [5.41, 5.74) is -0.0487. The lowest BCUT2D eigenvalue weighted by Gasteiger charge is -2.24. The summed E-state index contributed by atoms with van der Waals surface area (Å²) in [5, 5.41) is 19.1. The van der Waals surface area contributed by atoms with Gasteiger partial charge in [0.05, 0.1) is 0 Å². The van der Waals surface area contributed by atoms with Crippen LogP contribution >= 0.6 is 22.9 Å². The molecule has 0 saturated heterocycles. The van der Waals surface area contributed by atoms with Gasteiger partial charge in [0.1, 0.15) is 0 Å². The third-order valence-electron chi connectivity index (χ3n) is 2.33. The van der Waals surface area contributed by atoms with E-state index in [0.717, 1.165) is 24.2 Å². The molecule has 0 aliphatic heterocycles. The molecule has 2 N–H and O–H groups in total. The van der Waals surface area contributed by atoms with Crippen LogP contribution in [0.1, 0.15) is 36.5 Å². The van der Waals surface area contributed by atoms with Crippen LogP contribution in [-0.4, -0.2) is 34.4 Å². The van der Waals surface area contributed by atoms with Crippen LogP contribution in [0.2, 0.25) is 4.47 Å². The van der Waals surface area contributed by atoms with Gasteiger partial charge in [0.25, 0.3) is 5.91 Å². The van der Waals surface area contributed by atoms with E-state index in [0.29, 0.717) is 6.54 Å². The maximum Gasteiger partial charge on any atom is 0.282 e. The summed E-state index contributed by atoms with van der Waals surface area (Å²) >= 11 is 6.66. The van der Waals surface area contributed by atoms with E-state index in [2.05, 4.69) is 15.5 Å². The highest BCUT2D eigenvalue weighted by molar-refractivity contribution is 7.17. The van der Waals surface area contributed by atoms with E-state index in [-0.39, 0.29) is 27.4 Å². The molecule has 17 heavy (non-hydrogen) atoms. The molecule has 1 amide bonds. The zero-order chi connectivity index (χ0) is 12.9. The molecule has 0 bridgehead atoms. The molecule has 0 saturated carbocycles. The number of nitrogens with zero attached hydrogens (tertiary/aromatic N) is 2. The fourth-order valence-electron chi connectivity index (χ4n) is 1.34.